The molecule has 0 spiro atoms. The van der Waals surface area contributed by atoms with Crippen molar-refractivity contribution in [3.8, 4) is 17.2 Å². The molecule has 0 amide bonds. The molecule has 3 rings (SSSR count). The number of anilines is 1. The molecule has 0 bridgehead atoms. The van der Waals surface area contributed by atoms with Crippen LogP contribution in [0.15, 0.2) is 38.2 Å². The number of nitrogens with zero attached hydrogens (tertiary/aromatic N) is 4. The highest BCUT2D eigenvalue weighted by atomic mass is 19.3. The van der Waals surface area contributed by atoms with Crippen LogP contribution in [-0.4, -0.2) is 40.3 Å². The van der Waals surface area contributed by atoms with E-state index in [-0.39, 0.29) is 28.6 Å². The predicted molar refractivity (Wildman–Crippen MR) is 85.3 cm³/mol. The highest BCUT2D eigenvalue weighted by Crippen LogP contribution is 2.29. The second-order valence-electron chi connectivity index (χ2n) is 5.43. The molecular weight excluding hydrogens is 352 g/mol. The maximum absolute atomic E-state index is 13.6. The number of hydrogen-bond acceptors (Lipinski definition) is 8. The lowest BCUT2D eigenvalue weighted by molar-refractivity contribution is 0.0174. The van der Waals surface area contributed by atoms with E-state index in [9.17, 15) is 13.6 Å². The highest BCUT2D eigenvalue weighted by molar-refractivity contribution is 5.66. The lowest BCUT2D eigenvalue weighted by Gasteiger charge is -2.12. The summed E-state index contributed by atoms with van der Waals surface area (Å²) in [5.74, 6) is -3.75. The van der Waals surface area contributed by atoms with Crippen LogP contribution in [0, 0.1) is 0 Å². The van der Waals surface area contributed by atoms with Crippen molar-refractivity contribution >= 4 is 5.82 Å². The Bertz CT molecular complexity index is 944. The molecule has 2 heterocycles. The van der Waals surface area contributed by atoms with E-state index in [1.807, 2.05) is 0 Å². The van der Waals surface area contributed by atoms with Gasteiger partial charge in [-0.3, -0.25) is 4.52 Å². The van der Waals surface area contributed by atoms with Crippen molar-refractivity contribution in [2.75, 3.05) is 25.6 Å². The molecule has 1 aromatic carbocycles. The second-order valence-corrected chi connectivity index (χ2v) is 5.43. The maximum atomic E-state index is 13.6. The fourth-order valence-corrected chi connectivity index (χ4v) is 2.27. The third kappa shape index (κ3) is 3.47. The number of aromatic nitrogens is 4. The van der Waals surface area contributed by atoms with Gasteiger partial charge in [-0.05, 0) is 22.4 Å². The summed E-state index contributed by atoms with van der Waals surface area (Å²) < 4.78 is 42.5. The zero-order chi connectivity index (χ0) is 18.7. The van der Waals surface area contributed by atoms with Crippen molar-refractivity contribution in [3.63, 3.8) is 0 Å². The number of hydrogen-bond donors (Lipinski definition) is 1. The molecule has 0 radical (unpaired) electrons. The third-order valence-electron chi connectivity index (χ3n) is 3.51. The van der Waals surface area contributed by atoms with Crippen LogP contribution in [0.4, 0.5) is 14.6 Å². The number of rotatable bonds is 7. The Labute approximate surface area is 145 Å². The SMILES string of the molecule is COCCNc1nonc1-c1noc(=O)n1-c1cccc(C(C)(F)F)c1. The van der Waals surface area contributed by atoms with Crippen LogP contribution >= 0.6 is 0 Å². The first-order valence-corrected chi connectivity index (χ1v) is 7.55. The molecule has 3 aromatic rings. The first kappa shape index (κ1) is 17.7. The molecule has 0 unspecified atom stereocenters. The molecule has 0 atom stereocenters. The molecule has 0 fully saturated rings. The van der Waals surface area contributed by atoms with Crippen LogP contribution < -0.4 is 11.1 Å². The van der Waals surface area contributed by atoms with Crippen LogP contribution in [0.25, 0.3) is 17.2 Å². The van der Waals surface area contributed by atoms with Crippen molar-refractivity contribution in [3.05, 3.63) is 40.4 Å². The zero-order valence-corrected chi connectivity index (χ0v) is 13.9. The van der Waals surface area contributed by atoms with Crippen molar-refractivity contribution in [1.82, 2.24) is 20.0 Å². The minimum atomic E-state index is -3.07. The summed E-state index contributed by atoms with van der Waals surface area (Å²) in [7, 11) is 1.54. The van der Waals surface area contributed by atoms with E-state index in [2.05, 4.69) is 29.9 Å². The Kier molecular flexibility index (Phi) is 4.80. The van der Waals surface area contributed by atoms with Crippen LogP contribution in [0.5, 0.6) is 0 Å². The summed E-state index contributed by atoms with van der Waals surface area (Å²) in [6.45, 7) is 1.56. The van der Waals surface area contributed by atoms with Gasteiger partial charge in [0.25, 0.3) is 5.92 Å². The number of ether oxygens (including phenoxy) is 1. The zero-order valence-electron chi connectivity index (χ0n) is 13.9. The first-order chi connectivity index (χ1) is 12.4. The van der Waals surface area contributed by atoms with Gasteiger partial charge in [-0.15, -0.1) is 0 Å². The number of benzene rings is 1. The topological polar surface area (TPSA) is 108 Å². The molecule has 2 aromatic heterocycles. The van der Waals surface area contributed by atoms with Crippen LogP contribution in [0.3, 0.4) is 0 Å². The smallest absolute Gasteiger partial charge is 0.383 e. The van der Waals surface area contributed by atoms with Gasteiger partial charge in [0, 0.05) is 26.1 Å². The summed E-state index contributed by atoms with van der Waals surface area (Å²) in [6.07, 6.45) is 0. The maximum Gasteiger partial charge on any atom is 0.446 e. The Hall–Kier alpha value is -3.08. The molecule has 1 N–H and O–H groups in total. The van der Waals surface area contributed by atoms with Crippen LogP contribution in [0.1, 0.15) is 12.5 Å². The van der Waals surface area contributed by atoms with Crippen LogP contribution in [-0.2, 0) is 10.7 Å². The van der Waals surface area contributed by atoms with E-state index in [0.717, 1.165) is 11.5 Å². The monoisotopic (exact) mass is 367 g/mol. The number of methoxy groups -OCH3 is 1. The quantitative estimate of drug-likeness (QED) is 0.632. The predicted octanol–water partition coefficient (Wildman–Crippen LogP) is 2.05. The van der Waals surface area contributed by atoms with E-state index >= 15 is 0 Å². The Balaban J connectivity index is 2.04. The molecule has 9 nitrogen and oxygen atoms in total. The second kappa shape index (κ2) is 7.04. The summed E-state index contributed by atoms with van der Waals surface area (Å²) in [5, 5.41) is 14.0. The molecule has 0 saturated heterocycles. The van der Waals surface area contributed by atoms with Crippen LogP contribution in [0.2, 0.25) is 0 Å². The summed E-state index contributed by atoms with van der Waals surface area (Å²) in [5.41, 5.74) is -0.0116. The van der Waals surface area contributed by atoms with Crippen molar-refractivity contribution in [2.24, 2.45) is 0 Å². The fraction of sp³-hybridized carbons (Fsp3) is 0.333. The van der Waals surface area contributed by atoms with Gasteiger partial charge in [0.05, 0.1) is 12.3 Å². The Morgan fingerprint density at radius 1 is 1.31 bits per heavy atom. The van der Waals surface area contributed by atoms with E-state index in [1.54, 1.807) is 0 Å². The Morgan fingerprint density at radius 3 is 2.85 bits per heavy atom. The van der Waals surface area contributed by atoms with E-state index in [1.165, 1.54) is 31.4 Å². The number of nitrogens with one attached hydrogen (secondary N) is 1. The standard InChI is InChI=1S/C15H15F2N5O4/c1-15(16,17)9-4-3-5-10(8-9)22-13(21-25-14(22)23)11-12(20-26-19-11)18-6-7-24-2/h3-5,8H,6-7H2,1-2H3,(H,18,20). The highest BCUT2D eigenvalue weighted by Gasteiger charge is 2.27. The summed E-state index contributed by atoms with van der Waals surface area (Å²) >= 11 is 0. The largest absolute Gasteiger partial charge is 0.446 e. The molecule has 11 heteroatoms. The van der Waals surface area contributed by atoms with E-state index in [0.29, 0.717) is 13.2 Å². The van der Waals surface area contributed by atoms with Gasteiger partial charge in [0.15, 0.2) is 5.69 Å². The van der Waals surface area contributed by atoms with Crippen molar-refractivity contribution in [1.29, 1.82) is 0 Å². The van der Waals surface area contributed by atoms with Gasteiger partial charge < -0.3 is 10.1 Å². The van der Waals surface area contributed by atoms with Gasteiger partial charge in [-0.2, -0.15) is 0 Å². The average molecular weight is 367 g/mol. The van der Waals surface area contributed by atoms with Crippen molar-refractivity contribution < 1.29 is 22.7 Å². The molecule has 26 heavy (non-hydrogen) atoms. The molecule has 0 saturated carbocycles. The van der Waals surface area contributed by atoms with Gasteiger partial charge >= 0.3 is 5.76 Å². The van der Waals surface area contributed by atoms with Gasteiger partial charge in [0.1, 0.15) is 0 Å². The van der Waals surface area contributed by atoms with Gasteiger partial charge in [-0.25, -0.2) is 22.8 Å². The van der Waals surface area contributed by atoms with Gasteiger partial charge in [0.2, 0.25) is 11.6 Å². The number of halogens is 2. The lowest BCUT2D eigenvalue weighted by atomic mass is 10.1. The Morgan fingerprint density at radius 2 is 2.12 bits per heavy atom. The normalized spacial score (nSPS) is 11.7. The summed E-state index contributed by atoms with van der Waals surface area (Å²) in [4.78, 5) is 12.1. The van der Waals surface area contributed by atoms with Gasteiger partial charge in [-0.1, -0.05) is 17.3 Å². The molecule has 0 aliphatic carbocycles. The van der Waals surface area contributed by atoms with E-state index < -0.39 is 11.7 Å². The van der Waals surface area contributed by atoms with E-state index in [4.69, 9.17) is 4.74 Å². The molecule has 138 valence electrons. The van der Waals surface area contributed by atoms with Crippen molar-refractivity contribution in [2.45, 2.75) is 12.8 Å². The third-order valence-corrected chi connectivity index (χ3v) is 3.51. The fourth-order valence-electron chi connectivity index (χ4n) is 2.27. The summed E-state index contributed by atoms with van der Waals surface area (Å²) in [6, 6.07) is 5.32. The first-order valence-electron chi connectivity index (χ1n) is 7.55. The molecule has 0 aliphatic heterocycles. The molecular formula is C15H15F2N5O4. The average Bonchev–Trinajstić information content (AvgIpc) is 3.20. The minimum absolute atomic E-state index is 0.0345. The lowest BCUT2D eigenvalue weighted by Crippen LogP contribution is -2.16. The minimum Gasteiger partial charge on any atom is -0.383 e. The molecule has 0 aliphatic rings. The number of alkyl halides is 2.